The zero-order chi connectivity index (χ0) is 10.9. The topological polar surface area (TPSA) is 24.9 Å². The third-order valence-corrected chi connectivity index (χ3v) is 3.48. The van der Waals surface area contributed by atoms with Crippen LogP contribution in [0.5, 0.6) is 0 Å². The van der Waals surface area contributed by atoms with Gasteiger partial charge in [0.1, 0.15) is 0 Å². The van der Waals surface area contributed by atoms with Gasteiger partial charge in [-0.25, -0.2) is 9.37 Å². The molecular formula is C12H17FN2. The van der Waals surface area contributed by atoms with E-state index in [2.05, 4.69) is 24.1 Å². The van der Waals surface area contributed by atoms with E-state index in [-0.39, 0.29) is 5.82 Å². The van der Waals surface area contributed by atoms with Gasteiger partial charge < -0.3 is 5.32 Å². The molecule has 1 aliphatic carbocycles. The summed E-state index contributed by atoms with van der Waals surface area (Å²) in [6.45, 7) is 5.28. The minimum absolute atomic E-state index is 0.267. The lowest BCUT2D eigenvalue weighted by Crippen LogP contribution is -2.21. The van der Waals surface area contributed by atoms with E-state index < -0.39 is 0 Å². The van der Waals surface area contributed by atoms with E-state index in [4.69, 9.17) is 0 Å². The van der Waals surface area contributed by atoms with Crippen molar-refractivity contribution in [3.8, 4) is 0 Å². The first-order chi connectivity index (χ1) is 7.14. The molecule has 1 saturated carbocycles. The number of aromatic nitrogens is 1. The lowest BCUT2D eigenvalue weighted by atomic mass is 9.92. The number of hydrogen-bond acceptors (Lipinski definition) is 2. The molecule has 0 atom stereocenters. The average Bonchev–Trinajstić information content (AvgIpc) is 2.98. The number of nitrogens with one attached hydrogen (secondary N) is 1. The molecule has 1 aromatic rings. The van der Waals surface area contributed by atoms with Crippen molar-refractivity contribution >= 4 is 5.82 Å². The Morgan fingerprint density at radius 2 is 2.27 bits per heavy atom. The van der Waals surface area contributed by atoms with Crippen LogP contribution in [0.3, 0.4) is 0 Å². The van der Waals surface area contributed by atoms with Gasteiger partial charge in [0.25, 0.3) is 0 Å². The van der Waals surface area contributed by atoms with Crippen molar-refractivity contribution in [1.29, 1.82) is 0 Å². The molecule has 1 heterocycles. The first-order valence-corrected chi connectivity index (χ1v) is 5.48. The van der Waals surface area contributed by atoms with Crippen molar-refractivity contribution in [1.82, 2.24) is 4.98 Å². The third kappa shape index (κ3) is 2.11. The summed E-state index contributed by atoms with van der Waals surface area (Å²) in [5.74, 6) is 0.762. The Balaban J connectivity index is 1.97. The van der Waals surface area contributed by atoms with Crippen molar-refractivity contribution in [3.63, 3.8) is 0 Å². The van der Waals surface area contributed by atoms with Gasteiger partial charge in [0.2, 0.25) is 0 Å². The van der Waals surface area contributed by atoms with Crippen LogP contribution in [-0.2, 0) is 0 Å². The normalized spacial score (nSPS) is 17.9. The van der Waals surface area contributed by atoms with Gasteiger partial charge in [-0.05, 0) is 36.3 Å². The van der Waals surface area contributed by atoms with E-state index in [1.807, 2.05) is 0 Å². The highest BCUT2D eigenvalue weighted by Gasteiger charge is 2.45. The van der Waals surface area contributed by atoms with Gasteiger partial charge in [0, 0.05) is 12.7 Å². The van der Waals surface area contributed by atoms with Gasteiger partial charge in [0.15, 0.2) is 11.6 Å². The Hall–Kier alpha value is -1.12. The first-order valence-electron chi connectivity index (χ1n) is 5.48. The molecule has 1 N–H and O–H groups in total. The number of halogens is 1. The highest BCUT2D eigenvalue weighted by molar-refractivity contribution is 5.36. The monoisotopic (exact) mass is 208 g/mol. The van der Waals surface area contributed by atoms with Gasteiger partial charge in [-0.2, -0.15) is 0 Å². The Labute approximate surface area is 89.9 Å². The van der Waals surface area contributed by atoms with Gasteiger partial charge in [-0.1, -0.05) is 13.8 Å². The number of rotatable bonds is 4. The maximum atomic E-state index is 13.3. The Morgan fingerprint density at radius 1 is 1.53 bits per heavy atom. The van der Waals surface area contributed by atoms with E-state index in [1.54, 1.807) is 12.3 Å². The van der Waals surface area contributed by atoms with Crippen molar-refractivity contribution in [2.75, 3.05) is 11.9 Å². The van der Waals surface area contributed by atoms with Crippen LogP contribution in [0.4, 0.5) is 10.2 Å². The molecule has 1 aliphatic rings. The highest BCUT2D eigenvalue weighted by atomic mass is 19.1. The number of hydrogen-bond donors (Lipinski definition) is 1. The first kappa shape index (κ1) is 10.4. The summed E-state index contributed by atoms with van der Waals surface area (Å²) in [4.78, 5) is 3.98. The van der Waals surface area contributed by atoms with E-state index in [0.717, 1.165) is 6.54 Å². The van der Waals surface area contributed by atoms with Crippen molar-refractivity contribution in [3.05, 3.63) is 24.1 Å². The third-order valence-electron chi connectivity index (χ3n) is 3.48. The summed E-state index contributed by atoms with van der Waals surface area (Å²) in [5, 5.41) is 3.11. The molecule has 82 valence electrons. The second-order valence-corrected chi connectivity index (χ2v) is 4.70. The Kier molecular flexibility index (Phi) is 2.63. The van der Waals surface area contributed by atoms with Crippen molar-refractivity contribution in [2.45, 2.75) is 26.7 Å². The summed E-state index contributed by atoms with van der Waals surface area (Å²) >= 11 is 0. The van der Waals surface area contributed by atoms with Gasteiger partial charge in [-0.15, -0.1) is 0 Å². The molecular weight excluding hydrogens is 191 g/mol. The smallest absolute Gasteiger partial charge is 0.165 e. The fourth-order valence-corrected chi connectivity index (χ4v) is 1.89. The molecule has 0 amide bonds. The van der Waals surface area contributed by atoms with E-state index in [9.17, 15) is 4.39 Å². The summed E-state index contributed by atoms with van der Waals surface area (Å²) in [6.07, 6.45) is 4.10. The van der Waals surface area contributed by atoms with E-state index in [1.165, 1.54) is 18.9 Å². The quantitative estimate of drug-likeness (QED) is 0.822. The molecule has 15 heavy (non-hydrogen) atoms. The predicted molar refractivity (Wildman–Crippen MR) is 59.2 cm³/mol. The van der Waals surface area contributed by atoms with E-state index >= 15 is 0 Å². The minimum Gasteiger partial charge on any atom is -0.367 e. The van der Waals surface area contributed by atoms with Crippen LogP contribution < -0.4 is 5.32 Å². The highest BCUT2D eigenvalue weighted by Crippen LogP contribution is 2.51. The number of nitrogens with zero attached hydrogens (tertiary/aromatic N) is 1. The molecule has 0 aliphatic heterocycles. The summed E-state index contributed by atoms with van der Waals surface area (Å²) in [5.41, 5.74) is 0.379. The molecule has 1 fully saturated rings. The van der Waals surface area contributed by atoms with Gasteiger partial charge >= 0.3 is 0 Å². The van der Waals surface area contributed by atoms with Crippen LogP contribution in [0.2, 0.25) is 0 Å². The van der Waals surface area contributed by atoms with Crippen LogP contribution >= 0.6 is 0 Å². The van der Waals surface area contributed by atoms with Crippen LogP contribution in [0.25, 0.3) is 0 Å². The molecule has 0 bridgehead atoms. The molecule has 3 heteroatoms. The van der Waals surface area contributed by atoms with E-state index in [0.29, 0.717) is 17.2 Å². The zero-order valence-corrected chi connectivity index (χ0v) is 9.26. The molecule has 0 saturated heterocycles. The summed E-state index contributed by atoms with van der Waals surface area (Å²) in [7, 11) is 0. The largest absolute Gasteiger partial charge is 0.367 e. The fourth-order valence-electron chi connectivity index (χ4n) is 1.89. The second kappa shape index (κ2) is 3.80. The maximum Gasteiger partial charge on any atom is 0.165 e. The molecule has 0 aromatic carbocycles. The SMILES string of the molecule is CC(C)C1(CNc2ncccc2F)CC1. The molecule has 0 unspecified atom stereocenters. The number of anilines is 1. The average molecular weight is 208 g/mol. The second-order valence-electron chi connectivity index (χ2n) is 4.70. The number of pyridine rings is 1. The maximum absolute atomic E-state index is 13.3. The Morgan fingerprint density at radius 3 is 2.80 bits per heavy atom. The van der Waals surface area contributed by atoms with Crippen LogP contribution in [0, 0.1) is 17.2 Å². The van der Waals surface area contributed by atoms with Crippen LogP contribution in [0.15, 0.2) is 18.3 Å². The molecule has 0 spiro atoms. The predicted octanol–water partition coefficient (Wildman–Crippen LogP) is 3.07. The van der Waals surface area contributed by atoms with Crippen LogP contribution in [0.1, 0.15) is 26.7 Å². The molecule has 2 nitrogen and oxygen atoms in total. The Bertz CT molecular complexity index is 345. The van der Waals surface area contributed by atoms with Crippen molar-refractivity contribution < 1.29 is 4.39 Å². The zero-order valence-electron chi connectivity index (χ0n) is 9.26. The lowest BCUT2D eigenvalue weighted by molar-refractivity contribution is 0.379. The standard InChI is InChI=1S/C12H17FN2/c1-9(2)12(5-6-12)8-15-11-10(13)4-3-7-14-11/h3-4,7,9H,5-6,8H2,1-2H3,(H,14,15). The van der Waals surface area contributed by atoms with Crippen LogP contribution in [-0.4, -0.2) is 11.5 Å². The lowest BCUT2D eigenvalue weighted by Gasteiger charge is -2.20. The molecule has 0 radical (unpaired) electrons. The van der Waals surface area contributed by atoms with Crippen molar-refractivity contribution in [2.24, 2.45) is 11.3 Å². The molecule has 1 aromatic heterocycles. The fraction of sp³-hybridized carbons (Fsp3) is 0.583. The minimum atomic E-state index is -0.267. The summed E-state index contributed by atoms with van der Waals surface area (Å²) < 4.78 is 13.3. The summed E-state index contributed by atoms with van der Waals surface area (Å²) in [6, 6.07) is 3.04. The molecule has 2 rings (SSSR count). The van der Waals surface area contributed by atoms with Gasteiger partial charge in [-0.3, -0.25) is 0 Å². The van der Waals surface area contributed by atoms with Gasteiger partial charge in [0.05, 0.1) is 0 Å².